The third-order valence-electron chi connectivity index (χ3n) is 6.83. The van der Waals surface area contributed by atoms with Crippen LogP contribution in [-0.2, 0) is 22.3 Å². The third-order valence-corrected chi connectivity index (χ3v) is 6.83. The van der Waals surface area contributed by atoms with Crippen molar-refractivity contribution in [2.75, 3.05) is 6.54 Å². The molecule has 0 spiro atoms. The molecule has 3 aromatic rings. The molecule has 0 aliphatic carbocycles. The van der Waals surface area contributed by atoms with Crippen LogP contribution in [0.4, 0.5) is 17.6 Å². The van der Waals surface area contributed by atoms with E-state index in [1.54, 1.807) is 42.5 Å². The first kappa shape index (κ1) is 26.3. The van der Waals surface area contributed by atoms with Crippen molar-refractivity contribution in [2.24, 2.45) is 5.73 Å². The van der Waals surface area contributed by atoms with Gasteiger partial charge in [-0.25, -0.2) is 4.98 Å². The molecule has 1 fully saturated rings. The Hall–Kier alpha value is -3.76. The van der Waals surface area contributed by atoms with Crippen LogP contribution in [-0.4, -0.2) is 43.6 Å². The Kier molecular flexibility index (Phi) is 7.07. The second-order valence-electron chi connectivity index (χ2n) is 9.48. The largest absolute Gasteiger partial charge is 0.419 e. The molecule has 1 aliphatic rings. The summed E-state index contributed by atoms with van der Waals surface area (Å²) in [6.07, 6.45) is -2.65. The second kappa shape index (κ2) is 9.95. The van der Waals surface area contributed by atoms with E-state index < -0.39 is 47.5 Å². The summed E-state index contributed by atoms with van der Waals surface area (Å²) >= 11 is 0. The maximum atomic E-state index is 15.0. The SMILES string of the molecule is CC(C)c1ccc([C@@H](c2ccccc2)C2(C(N)=O)CCCN2C(=O)Cn2cc(C(F)(F)F)cn2)nc1F. The lowest BCUT2D eigenvalue weighted by Gasteiger charge is -2.42. The number of alkyl halides is 3. The molecule has 2 aromatic heterocycles. The molecule has 2 N–H and O–H groups in total. The van der Waals surface area contributed by atoms with Crippen LogP contribution in [0.5, 0.6) is 0 Å². The van der Waals surface area contributed by atoms with Gasteiger partial charge in [-0.05, 0) is 30.4 Å². The lowest BCUT2D eigenvalue weighted by Crippen LogP contribution is -2.60. The minimum Gasteiger partial charge on any atom is -0.368 e. The van der Waals surface area contributed by atoms with Crippen molar-refractivity contribution < 1.29 is 27.2 Å². The molecule has 4 rings (SSSR count). The van der Waals surface area contributed by atoms with E-state index in [4.69, 9.17) is 5.73 Å². The lowest BCUT2D eigenvalue weighted by molar-refractivity contribution is -0.145. The second-order valence-corrected chi connectivity index (χ2v) is 9.48. The monoisotopic (exact) mass is 517 g/mol. The molecule has 37 heavy (non-hydrogen) atoms. The average Bonchev–Trinajstić information content (AvgIpc) is 3.48. The van der Waals surface area contributed by atoms with Gasteiger partial charge < -0.3 is 10.6 Å². The highest BCUT2D eigenvalue weighted by Crippen LogP contribution is 2.45. The summed E-state index contributed by atoms with van der Waals surface area (Å²) in [5.74, 6) is -3.15. The number of benzene rings is 1. The van der Waals surface area contributed by atoms with Crippen molar-refractivity contribution >= 4 is 11.8 Å². The first-order valence-corrected chi connectivity index (χ1v) is 11.9. The van der Waals surface area contributed by atoms with Crippen molar-refractivity contribution in [1.29, 1.82) is 0 Å². The minimum absolute atomic E-state index is 0.123. The van der Waals surface area contributed by atoms with Crippen molar-refractivity contribution in [3.8, 4) is 0 Å². The van der Waals surface area contributed by atoms with E-state index >= 15 is 4.39 Å². The summed E-state index contributed by atoms with van der Waals surface area (Å²) in [6, 6.07) is 12.0. The fourth-order valence-electron chi connectivity index (χ4n) is 5.09. The Morgan fingerprint density at radius 2 is 1.84 bits per heavy atom. The smallest absolute Gasteiger partial charge is 0.368 e. The van der Waals surface area contributed by atoms with E-state index in [-0.39, 0.29) is 24.6 Å². The number of carbonyl (C=O) groups is 2. The van der Waals surface area contributed by atoms with Crippen LogP contribution in [0, 0.1) is 5.95 Å². The topological polar surface area (TPSA) is 94.1 Å². The summed E-state index contributed by atoms with van der Waals surface area (Å²) in [5.41, 5.74) is 4.61. The van der Waals surface area contributed by atoms with Gasteiger partial charge in [0.05, 0.1) is 23.4 Å². The highest BCUT2D eigenvalue weighted by atomic mass is 19.4. The van der Waals surface area contributed by atoms with Crippen LogP contribution >= 0.6 is 0 Å². The molecule has 11 heteroatoms. The number of hydrogen-bond donors (Lipinski definition) is 1. The number of primary amides is 1. The molecule has 3 heterocycles. The number of hydrogen-bond acceptors (Lipinski definition) is 4. The summed E-state index contributed by atoms with van der Waals surface area (Å²) in [7, 11) is 0. The number of carbonyl (C=O) groups excluding carboxylic acids is 2. The van der Waals surface area contributed by atoms with Crippen LogP contribution < -0.4 is 5.73 Å². The highest BCUT2D eigenvalue weighted by Gasteiger charge is 2.55. The fraction of sp³-hybridized carbons (Fsp3) is 0.385. The van der Waals surface area contributed by atoms with Gasteiger partial charge >= 0.3 is 6.18 Å². The first-order valence-electron chi connectivity index (χ1n) is 11.9. The number of halogens is 4. The van der Waals surface area contributed by atoms with Gasteiger partial charge in [0.15, 0.2) is 0 Å². The Labute approximate surface area is 211 Å². The normalized spacial score (nSPS) is 18.8. The number of rotatable bonds is 7. The Balaban J connectivity index is 1.79. The van der Waals surface area contributed by atoms with Crippen LogP contribution in [0.3, 0.4) is 0 Å². The highest BCUT2D eigenvalue weighted by molar-refractivity contribution is 5.92. The zero-order valence-electron chi connectivity index (χ0n) is 20.4. The number of nitrogens with zero attached hydrogens (tertiary/aromatic N) is 4. The molecule has 7 nitrogen and oxygen atoms in total. The van der Waals surface area contributed by atoms with Crippen LogP contribution in [0.15, 0.2) is 54.9 Å². The Morgan fingerprint density at radius 1 is 1.14 bits per heavy atom. The van der Waals surface area contributed by atoms with E-state index in [1.807, 2.05) is 13.8 Å². The zero-order valence-corrected chi connectivity index (χ0v) is 20.4. The van der Waals surface area contributed by atoms with Gasteiger partial charge in [-0.15, -0.1) is 0 Å². The zero-order chi connectivity index (χ0) is 27.0. The van der Waals surface area contributed by atoms with Crippen LogP contribution in [0.25, 0.3) is 0 Å². The molecule has 2 atom stereocenters. The molecule has 0 saturated carbocycles. The van der Waals surface area contributed by atoms with Crippen LogP contribution in [0.2, 0.25) is 0 Å². The Bertz CT molecular complexity index is 1290. The van der Waals surface area contributed by atoms with Crippen molar-refractivity contribution in [3.63, 3.8) is 0 Å². The van der Waals surface area contributed by atoms with Gasteiger partial charge in [0.1, 0.15) is 12.1 Å². The molecule has 2 amide bonds. The van der Waals surface area contributed by atoms with Crippen LogP contribution in [0.1, 0.15) is 60.9 Å². The third kappa shape index (κ3) is 4.94. The number of amides is 2. The van der Waals surface area contributed by atoms with Crippen molar-refractivity contribution in [1.82, 2.24) is 19.7 Å². The molecule has 1 aliphatic heterocycles. The van der Waals surface area contributed by atoms with E-state index in [2.05, 4.69) is 10.1 Å². The summed E-state index contributed by atoms with van der Waals surface area (Å²) < 4.78 is 54.9. The average molecular weight is 518 g/mol. The standard InChI is InChI=1S/C26H27F4N5O2/c1-16(2)19-9-10-20(33-23(19)27)22(17-7-4-3-5-8-17)25(24(31)37)11-6-12-35(25)21(36)15-34-14-18(13-32-34)26(28,29)30/h3-5,7-10,13-14,16,22H,6,11-12,15H2,1-2H3,(H2,31,37)/t22-,25?/m1/s1. The minimum atomic E-state index is -4.61. The predicted octanol–water partition coefficient (Wildman–Crippen LogP) is 4.24. The predicted molar refractivity (Wildman–Crippen MR) is 127 cm³/mol. The van der Waals surface area contributed by atoms with Gasteiger partial charge in [0.25, 0.3) is 0 Å². The number of likely N-dealkylation sites (tertiary alicyclic amines) is 1. The van der Waals surface area contributed by atoms with E-state index in [0.717, 1.165) is 10.9 Å². The van der Waals surface area contributed by atoms with E-state index in [0.29, 0.717) is 23.7 Å². The molecular weight excluding hydrogens is 490 g/mol. The van der Waals surface area contributed by atoms with E-state index in [9.17, 15) is 22.8 Å². The summed E-state index contributed by atoms with van der Waals surface area (Å²) in [5, 5.41) is 3.66. The van der Waals surface area contributed by atoms with Gasteiger partial charge in [0, 0.05) is 18.3 Å². The van der Waals surface area contributed by atoms with Gasteiger partial charge in [-0.3, -0.25) is 14.3 Å². The maximum absolute atomic E-state index is 15.0. The Morgan fingerprint density at radius 3 is 2.41 bits per heavy atom. The first-order chi connectivity index (χ1) is 17.4. The maximum Gasteiger partial charge on any atom is 0.419 e. The number of nitrogens with two attached hydrogens (primary N) is 1. The fourth-order valence-corrected chi connectivity index (χ4v) is 5.09. The quantitative estimate of drug-likeness (QED) is 0.375. The molecule has 0 bridgehead atoms. The molecule has 196 valence electrons. The molecule has 0 radical (unpaired) electrons. The summed E-state index contributed by atoms with van der Waals surface area (Å²) in [4.78, 5) is 32.1. The van der Waals surface area contributed by atoms with Gasteiger partial charge in [-0.1, -0.05) is 50.2 Å². The molecule has 1 saturated heterocycles. The summed E-state index contributed by atoms with van der Waals surface area (Å²) in [6.45, 7) is 3.28. The van der Waals surface area contributed by atoms with Gasteiger partial charge in [-0.2, -0.15) is 22.7 Å². The van der Waals surface area contributed by atoms with E-state index in [1.165, 1.54) is 4.90 Å². The lowest BCUT2D eigenvalue weighted by atomic mass is 9.74. The number of aromatic nitrogens is 3. The van der Waals surface area contributed by atoms with Gasteiger partial charge in [0.2, 0.25) is 17.8 Å². The molecule has 1 aromatic carbocycles. The molecule has 1 unspecified atom stereocenters. The van der Waals surface area contributed by atoms with Crippen molar-refractivity contribution in [3.05, 3.63) is 83.2 Å². The van der Waals surface area contributed by atoms with Crippen molar-refractivity contribution in [2.45, 2.75) is 56.8 Å². The number of pyridine rings is 1. The molecular formula is C26H27F4N5O2.